The molecule has 5 nitrogen and oxygen atoms in total. The van der Waals surface area contributed by atoms with Crippen LogP contribution in [-0.2, 0) is 14.8 Å². The van der Waals surface area contributed by atoms with Gasteiger partial charge in [-0.2, -0.15) is 0 Å². The summed E-state index contributed by atoms with van der Waals surface area (Å²) in [5, 5.41) is 3.32. The van der Waals surface area contributed by atoms with Crippen molar-refractivity contribution >= 4 is 10.0 Å². The van der Waals surface area contributed by atoms with Gasteiger partial charge in [-0.3, -0.25) is 0 Å². The lowest BCUT2D eigenvalue weighted by Gasteiger charge is -2.32. The molecule has 0 radical (unpaired) electrons. The number of sulfonamides is 1. The maximum Gasteiger partial charge on any atom is 0.214 e. The minimum Gasteiger partial charge on any atom is -0.383 e. The van der Waals surface area contributed by atoms with Crippen molar-refractivity contribution < 1.29 is 13.2 Å². The molecule has 1 heterocycles. The van der Waals surface area contributed by atoms with E-state index < -0.39 is 10.0 Å². The summed E-state index contributed by atoms with van der Waals surface area (Å²) in [5.74, 6) is 0.870. The fourth-order valence-electron chi connectivity index (χ4n) is 2.45. The first-order valence-corrected chi connectivity index (χ1v) is 8.74. The average molecular weight is 292 g/mol. The molecule has 0 saturated carbocycles. The van der Waals surface area contributed by atoms with Gasteiger partial charge in [-0.25, -0.2) is 12.7 Å². The summed E-state index contributed by atoms with van der Waals surface area (Å²) in [6, 6.07) is 0. The van der Waals surface area contributed by atoms with Crippen LogP contribution in [0, 0.1) is 11.8 Å². The van der Waals surface area contributed by atoms with Crippen LogP contribution in [0.25, 0.3) is 0 Å². The molecule has 1 aliphatic rings. The van der Waals surface area contributed by atoms with E-state index in [9.17, 15) is 8.42 Å². The van der Waals surface area contributed by atoms with Crippen LogP contribution in [0.15, 0.2) is 0 Å². The fourth-order valence-corrected chi connectivity index (χ4v) is 4.35. The SMILES string of the molecule is COCCNCC1CCCN(S(=O)(=O)CC(C)C)C1. The van der Waals surface area contributed by atoms with Gasteiger partial charge < -0.3 is 10.1 Å². The molecule has 0 aromatic carbocycles. The highest BCUT2D eigenvalue weighted by molar-refractivity contribution is 7.89. The highest BCUT2D eigenvalue weighted by atomic mass is 32.2. The van der Waals surface area contributed by atoms with Gasteiger partial charge in [-0.15, -0.1) is 0 Å². The van der Waals surface area contributed by atoms with Gasteiger partial charge in [0.15, 0.2) is 0 Å². The van der Waals surface area contributed by atoms with Gasteiger partial charge in [0.25, 0.3) is 0 Å². The molecule has 19 heavy (non-hydrogen) atoms. The van der Waals surface area contributed by atoms with Crippen molar-refractivity contribution in [1.82, 2.24) is 9.62 Å². The van der Waals surface area contributed by atoms with Crippen LogP contribution in [-0.4, -0.2) is 58.4 Å². The number of hydrogen-bond acceptors (Lipinski definition) is 4. The number of rotatable bonds is 8. The molecule has 6 heteroatoms. The first kappa shape index (κ1) is 16.9. The van der Waals surface area contributed by atoms with Crippen molar-refractivity contribution in [2.24, 2.45) is 11.8 Å². The van der Waals surface area contributed by atoms with Gasteiger partial charge in [0.05, 0.1) is 12.4 Å². The summed E-state index contributed by atoms with van der Waals surface area (Å²) in [7, 11) is -1.39. The van der Waals surface area contributed by atoms with Crippen LogP contribution in [0.2, 0.25) is 0 Å². The molecule has 1 aliphatic heterocycles. The van der Waals surface area contributed by atoms with Crippen LogP contribution in [0.3, 0.4) is 0 Å². The first-order valence-electron chi connectivity index (χ1n) is 7.13. The lowest BCUT2D eigenvalue weighted by Crippen LogP contribution is -2.44. The topological polar surface area (TPSA) is 58.6 Å². The molecule has 0 bridgehead atoms. The van der Waals surface area contributed by atoms with E-state index in [1.54, 1.807) is 11.4 Å². The molecule has 114 valence electrons. The third-order valence-electron chi connectivity index (χ3n) is 3.34. The predicted octanol–water partition coefficient (Wildman–Crippen LogP) is 0.920. The normalized spacial score (nSPS) is 22.0. The van der Waals surface area contributed by atoms with Crippen LogP contribution in [0.5, 0.6) is 0 Å². The van der Waals surface area contributed by atoms with Crippen molar-refractivity contribution in [2.75, 3.05) is 45.6 Å². The van der Waals surface area contributed by atoms with Gasteiger partial charge in [-0.1, -0.05) is 13.8 Å². The Kier molecular flexibility index (Phi) is 7.28. The molecule has 1 N–H and O–H groups in total. The Hall–Kier alpha value is -0.170. The number of piperidine rings is 1. The zero-order chi connectivity index (χ0) is 14.3. The molecule has 1 fully saturated rings. The summed E-state index contributed by atoms with van der Waals surface area (Å²) in [6.45, 7) is 7.64. The standard InChI is InChI=1S/C13H28N2O3S/c1-12(2)11-19(16,17)15-7-4-5-13(10-15)9-14-6-8-18-3/h12-14H,4-11H2,1-3H3. The van der Waals surface area contributed by atoms with Gasteiger partial charge in [0, 0.05) is 26.7 Å². The Morgan fingerprint density at radius 2 is 2.16 bits per heavy atom. The van der Waals surface area contributed by atoms with Crippen molar-refractivity contribution in [2.45, 2.75) is 26.7 Å². The number of hydrogen-bond donors (Lipinski definition) is 1. The van der Waals surface area contributed by atoms with E-state index in [0.29, 0.717) is 25.6 Å². The van der Waals surface area contributed by atoms with Crippen LogP contribution < -0.4 is 5.32 Å². The molecule has 1 unspecified atom stereocenters. The first-order chi connectivity index (χ1) is 8.95. The number of nitrogens with zero attached hydrogens (tertiary/aromatic N) is 1. The van der Waals surface area contributed by atoms with Crippen LogP contribution in [0.1, 0.15) is 26.7 Å². The summed E-state index contributed by atoms with van der Waals surface area (Å²) in [4.78, 5) is 0. The van der Waals surface area contributed by atoms with Crippen molar-refractivity contribution in [3.8, 4) is 0 Å². The van der Waals surface area contributed by atoms with Crippen molar-refractivity contribution in [3.05, 3.63) is 0 Å². The molecule has 0 aliphatic carbocycles. The smallest absolute Gasteiger partial charge is 0.214 e. The zero-order valence-electron chi connectivity index (χ0n) is 12.4. The Morgan fingerprint density at radius 3 is 2.79 bits per heavy atom. The minimum absolute atomic E-state index is 0.185. The van der Waals surface area contributed by atoms with E-state index in [-0.39, 0.29) is 11.7 Å². The largest absolute Gasteiger partial charge is 0.383 e. The highest BCUT2D eigenvalue weighted by Gasteiger charge is 2.28. The van der Waals surface area contributed by atoms with E-state index >= 15 is 0 Å². The van der Waals surface area contributed by atoms with Gasteiger partial charge >= 0.3 is 0 Å². The van der Waals surface area contributed by atoms with Gasteiger partial charge in [-0.05, 0) is 31.2 Å². The molecule has 0 aromatic rings. The highest BCUT2D eigenvalue weighted by Crippen LogP contribution is 2.20. The maximum absolute atomic E-state index is 12.2. The molecular weight excluding hydrogens is 264 g/mol. The molecule has 1 rings (SSSR count). The quantitative estimate of drug-likeness (QED) is 0.676. The van der Waals surface area contributed by atoms with E-state index in [4.69, 9.17) is 4.74 Å². The monoisotopic (exact) mass is 292 g/mol. The third-order valence-corrected chi connectivity index (χ3v) is 5.54. The predicted molar refractivity (Wildman–Crippen MR) is 77.7 cm³/mol. The van der Waals surface area contributed by atoms with E-state index in [1.807, 2.05) is 13.8 Å². The van der Waals surface area contributed by atoms with Gasteiger partial charge in [0.2, 0.25) is 10.0 Å². The second-order valence-electron chi connectivity index (χ2n) is 5.74. The number of ether oxygens (including phenoxy) is 1. The van der Waals surface area contributed by atoms with Crippen LogP contribution >= 0.6 is 0 Å². The maximum atomic E-state index is 12.2. The Morgan fingerprint density at radius 1 is 1.42 bits per heavy atom. The zero-order valence-corrected chi connectivity index (χ0v) is 13.2. The molecular formula is C13H28N2O3S. The lowest BCUT2D eigenvalue weighted by atomic mass is 10.00. The summed E-state index contributed by atoms with van der Waals surface area (Å²) < 4.78 is 31.1. The second-order valence-corrected chi connectivity index (χ2v) is 7.75. The van der Waals surface area contributed by atoms with E-state index in [0.717, 1.165) is 25.9 Å². The van der Waals surface area contributed by atoms with Crippen molar-refractivity contribution in [1.29, 1.82) is 0 Å². The lowest BCUT2D eigenvalue weighted by molar-refractivity contribution is 0.193. The van der Waals surface area contributed by atoms with Crippen LogP contribution in [0.4, 0.5) is 0 Å². The Bertz CT molecular complexity index is 344. The Balaban J connectivity index is 2.41. The summed E-state index contributed by atoms with van der Waals surface area (Å²) in [6.07, 6.45) is 2.07. The molecule has 0 spiro atoms. The average Bonchev–Trinajstić information content (AvgIpc) is 2.34. The molecule has 1 saturated heterocycles. The van der Waals surface area contributed by atoms with Gasteiger partial charge in [0.1, 0.15) is 0 Å². The molecule has 0 aromatic heterocycles. The summed E-state index contributed by atoms with van der Waals surface area (Å²) in [5.41, 5.74) is 0. The van der Waals surface area contributed by atoms with E-state index in [2.05, 4.69) is 5.32 Å². The number of nitrogens with one attached hydrogen (secondary N) is 1. The van der Waals surface area contributed by atoms with Crippen molar-refractivity contribution in [3.63, 3.8) is 0 Å². The minimum atomic E-state index is -3.07. The Labute approximate surface area is 117 Å². The number of methoxy groups -OCH3 is 1. The molecule has 0 amide bonds. The van der Waals surface area contributed by atoms with E-state index in [1.165, 1.54) is 0 Å². The third kappa shape index (κ3) is 6.21. The summed E-state index contributed by atoms with van der Waals surface area (Å²) >= 11 is 0. The molecule has 1 atom stereocenters. The second kappa shape index (κ2) is 8.19. The fraction of sp³-hybridized carbons (Fsp3) is 1.00.